The highest BCUT2D eigenvalue weighted by Gasteiger charge is 2.60. The fourth-order valence-electron chi connectivity index (χ4n) is 9.33. The maximum atomic E-state index is 10.1. The van der Waals surface area contributed by atoms with Gasteiger partial charge in [0.15, 0.2) is 0 Å². The van der Waals surface area contributed by atoms with Crippen LogP contribution in [0.25, 0.3) is 0 Å². The van der Waals surface area contributed by atoms with Crippen molar-refractivity contribution in [1.29, 1.82) is 0 Å². The lowest BCUT2D eigenvalue weighted by molar-refractivity contribution is -0.114. The minimum atomic E-state index is -0.492. The molecule has 4 aliphatic rings. The van der Waals surface area contributed by atoms with E-state index in [1.165, 1.54) is 70.6 Å². The molecule has 0 aromatic carbocycles. The zero-order valence-corrected chi connectivity index (χ0v) is 19.6. The van der Waals surface area contributed by atoms with E-state index < -0.39 is 5.60 Å². The van der Waals surface area contributed by atoms with Gasteiger partial charge in [-0.3, -0.25) is 0 Å². The van der Waals surface area contributed by atoms with Gasteiger partial charge in [-0.2, -0.15) is 0 Å². The van der Waals surface area contributed by atoms with E-state index in [-0.39, 0.29) is 0 Å². The van der Waals surface area contributed by atoms with Crippen LogP contribution in [0.15, 0.2) is 0 Å². The van der Waals surface area contributed by atoms with Crippen LogP contribution < -0.4 is 0 Å². The van der Waals surface area contributed by atoms with Gasteiger partial charge in [-0.05, 0) is 118 Å². The second kappa shape index (κ2) is 7.58. The van der Waals surface area contributed by atoms with E-state index in [0.717, 1.165) is 41.9 Å². The second-order valence-electron chi connectivity index (χ2n) is 12.8. The Hall–Kier alpha value is -0.0400. The largest absolute Gasteiger partial charge is 0.390 e. The van der Waals surface area contributed by atoms with Crippen LogP contribution in [0, 0.1) is 46.3 Å². The first-order chi connectivity index (χ1) is 13.2. The Morgan fingerprint density at radius 2 is 1.64 bits per heavy atom. The van der Waals surface area contributed by atoms with E-state index in [0.29, 0.717) is 10.8 Å². The molecule has 0 aromatic heterocycles. The van der Waals surface area contributed by atoms with Gasteiger partial charge in [0.1, 0.15) is 0 Å². The van der Waals surface area contributed by atoms with E-state index in [2.05, 4.69) is 20.8 Å². The topological polar surface area (TPSA) is 20.2 Å². The van der Waals surface area contributed by atoms with Gasteiger partial charge in [0.2, 0.25) is 0 Å². The molecule has 8 atom stereocenters. The molecule has 0 aliphatic heterocycles. The average Bonchev–Trinajstić information content (AvgIpc) is 2.97. The molecule has 0 spiro atoms. The van der Waals surface area contributed by atoms with Crippen molar-refractivity contribution in [3.05, 3.63) is 0 Å². The Bertz CT molecular complexity index is 547. The van der Waals surface area contributed by atoms with Crippen molar-refractivity contribution in [2.24, 2.45) is 46.3 Å². The Labute approximate surface area is 175 Å². The summed E-state index contributed by atoms with van der Waals surface area (Å²) in [6.45, 7) is 11.9. The third kappa shape index (κ3) is 3.61. The molecule has 4 rings (SSSR count). The van der Waals surface area contributed by atoms with Gasteiger partial charge in [0, 0.05) is 0 Å². The molecule has 1 nitrogen and oxygen atoms in total. The first-order valence-electron chi connectivity index (χ1n) is 12.9. The van der Waals surface area contributed by atoms with Gasteiger partial charge in [-0.25, -0.2) is 0 Å². The molecule has 0 aromatic rings. The predicted molar refractivity (Wildman–Crippen MR) is 119 cm³/mol. The molecule has 4 aliphatic carbocycles. The van der Waals surface area contributed by atoms with Gasteiger partial charge < -0.3 is 5.11 Å². The van der Waals surface area contributed by atoms with E-state index in [9.17, 15) is 5.11 Å². The first kappa shape index (κ1) is 21.2. The summed E-state index contributed by atoms with van der Waals surface area (Å²) in [5, 5.41) is 10.1. The van der Waals surface area contributed by atoms with Crippen molar-refractivity contribution in [2.75, 3.05) is 0 Å². The molecule has 0 heterocycles. The Kier molecular flexibility index (Phi) is 5.74. The summed E-state index contributed by atoms with van der Waals surface area (Å²) in [5.74, 6) is 5.88. The summed E-state index contributed by atoms with van der Waals surface area (Å²) >= 11 is 0. The zero-order valence-electron chi connectivity index (χ0n) is 19.6. The smallest absolute Gasteiger partial charge is 0.0591 e. The molecule has 162 valence electrons. The Balaban J connectivity index is 1.45. The zero-order chi connectivity index (χ0) is 20.2. The van der Waals surface area contributed by atoms with Crippen molar-refractivity contribution < 1.29 is 5.11 Å². The van der Waals surface area contributed by atoms with Crippen LogP contribution in [0.1, 0.15) is 118 Å². The second-order valence-corrected chi connectivity index (χ2v) is 12.8. The molecule has 1 N–H and O–H groups in total. The molecule has 1 heteroatoms. The SMILES string of the molecule is C[C@H](CCCC(C)(C)O)[C@H]1CC[C@H]2[C@@H]3CCC4CCCC[C@]4(C)[C@H]3CC[C@]12C. The lowest BCUT2D eigenvalue weighted by atomic mass is 9.44. The van der Waals surface area contributed by atoms with Crippen molar-refractivity contribution in [3.8, 4) is 0 Å². The van der Waals surface area contributed by atoms with E-state index in [4.69, 9.17) is 0 Å². The molecule has 0 bridgehead atoms. The van der Waals surface area contributed by atoms with Crippen LogP contribution in [-0.2, 0) is 0 Å². The van der Waals surface area contributed by atoms with E-state index >= 15 is 0 Å². The highest BCUT2D eigenvalue weighted by atomic mass is 16.3. The van der Waals surface area contributed by atoms with E-state index in [1.54, 1.807) is 6.42 Å². The van der Waals surface area contributed by atoms with Crippen LogP contribution in [0.2, 0.25) is 0 Å². The van der Waals surface area contributed by atoms with Gasteiger partial charge >= 0.3 is 0 Å². The van der Waals surface area contributed by atoms with Crippen molar-refractivity contribution >= 4 is 0 Å². The number of fused-ring (bicyclic) bond motifs is 5. The molecule has 4 saturated carbocycles. The minimum Gasteiger partial charge on any atom is -0.390 e. The molecular weight excluding hydrogens is 340 g/mol. The molecular formula is C27H48O. The summed E-state index contributed by atoms with van der Waals surface area (Å²) in [6, 6.07) is 0. The van der Waals surface area contributed by atoms with Crippen molar-refractivity contribution in [3.63, 3.8) is 0 Å². The van der Waals surface area contributed by atoms with Gasteiger partial charge in [0.05, 0.1) is 5.60 Å². The third-order valence-electron chi connectivity index (χ3n) is 10.8. The number of rotatable bonds is 5. The highest BCUT2D eigenvalue weighted by Crippen LogP contribution is 2.68. The molecule has 0 radical (unpaired) electrons. The van der Waals surface area contributed by atoms with Crippen LogP contribution in [-0.4, -0.2) is 10.7 Å². The van der Waals surface area contributed by atoms with Crippen LogP contribution in [0.4, 0.5) is 0 Å². The predicted octanol–water partition coefficient (Wildman–Crippen LogP) is 7.61. The maximum Gasteiger partial charge on any atom is 0.0591 e. The summed E-state index contributed by atoms with van der Waals surface area (Å²) in [6.07, 6.45) is 18.6. The average molecular weight is 389 g/mol. The van der Waals surface area contributed by atoms with Crippen LogP contribution >= 0.6 is 0 Å². The summed E-state index contributed by atoms with van der Waals surface area (Å²) in [5.41, 5.74) is 0.792. The third-order valence-corrected chi connectivity index (χ3v) is 10.8. The van der Waals surface area contributed by atoms with E-state index in [1.807, 2.05) is 13.8 Å². The Morgan fingerprint density at radius 3 is 2.39 bits per heavy atom. The van der Waals surface area contributed by atoms with Gasteiger partial charge in [-0.1, -0.05) is 46.5 Å². The monoisotopic (exact) mass is 388 g/mol. The lowest BCUT2D eigenvalue weighted by Crippen LogP contribution is -2.53. The highest BCUT2D eigenvalue weighted by molar-refractivity contribution is 5.09. The number of hydrogen-bond acceptors (Lipinski definition) is 1. The molecule has 4 fully saturated rings. The van der Waals surface area contributed by atoms with Crippen molar-refractivity contribution in [2.45, 2.75) is 124 Å². The quantitative estimate of drug-likeness (QED) is 0.513. The normalized spacial score (nSPS) is 47.1. The fraction of sp³-hybridized carbons (Fsp3) is 1.00. The number of hydrogen-bond donors (Lipinski definition) is 1. The molecule has 1 unspecified atom stereocenters. The number of aliphatic hydroxyl groups is 1. The summed E-state index contributed by atoms with van der Waals surface area (Å²) in [4.78, 5) is 0. The fourth-order valence-corrected chi connectivity index (χ4v) is 9.33. The Morgan fingerprint density at radius 1 is 0.893 bits per heavy atom. The summed E-state index contributed by atoms with van der Waals surface area (Å²) in [7, 11) is 0. The first-order valence-corrected chi connectivity index (χ1v) is 12.9. The summed E-state index contributed by atoms with van der Waals surface area (Å²) < 4.78 is 0. The standard InChI is InChI=1S/C27H48O/c1-19(9-8-16-25(2,3)28)22-13-14-23-21-12-11-20-10-6-7-17-26(20,4)24(21)15-18-27(22,23)5/h19-24,28H,6-18H2,1-5H3/t19-,20?,21+,22-,23+,24+,26+,27-/m1/s1. The molecule has 0 amide bonds. The molecule has 28 heavy (non-hydrogen) atoms. The van der Waals surface area contributed by atoms with Crippen molar-refractivity contribution in [1.82, 2.24) is 0 Å². The molecule has 0 saturated heterocycles. The lowest BCUT2D eigenvalue weighted by Gasteiger charge is -2.61. The minimum absolute atomic E-state index is 0.492. The van der Waals surface area contributed by atoms with Crippen LogP contribution in [0.3, 0.4) is 0 Å². The van der Waals surface area contributed by atoms with Gasteiger partial charge in [0.25, 0.3) is 0 Å². The van der Waals surface area contributed by atoms with Crippen LogP contribution in [0.5, 0.6) is 0 Å². The maximum absolute atomic E-state index is 10.1. The van der Waals surface area contributed by atoms with Gasteiger partial charge in [-0.15, -0.1) is 0 Å².